The van der Waals surface area contributed by atoms with Crippen molar-refractivity contribution in [1.29, 1.82) is 0 Å². The molecule has 138 valence electrons. The topological polar surface area (TPSA) is 62.7 Å². The molecular formula is C21H20N2O3S. The van der Waals surface area contributed by atoms with E-state index in [2.05, 4.69) is 0 Å². The molecule has 1 N–H and O–H groups in total. The monoisotopic (exact) mass is 380 g/mol. The van der Waals surface area contributed by atoms with Crippen molar-refractivity contribution in [2.75, 3.05) is 13.1 Å². The molecule has 1 aliphatic heterocycles. The van der Waals surface area contributed by atoms with Crippen molar-refractivity contribution < 1.29 is 14.6 Å². The number of aromatic nitrogens is 1. The van der Waals surface area contributed by atoms with Crippen molar-refractivity contribution in [1.82, 2.24) is 9.88 Å². The maximum Gasteiger partial charge on any atom is 0.317 e. The molecule has 5 nitrogen and oxygen atoms in total. The molecule has 0 spiro atoms. The number of aliphatic carboxylic acids is 1. The van der Waals surface area contributed by atoms with Gasteiger partial charge in [0, 0.05) is 23.5 Å². The molecule has 0 unspecified atom stereocenters. The first-order valence-electron chi connectivity index (χ1n) is 8.87. The van der Waals surface area contributed by atoms with Crippen LogP contribution in [0.1, 0.15) is 16.1 Å². The molecule has 27 heavy (non-hydrogen) atoms. The molecule has 0 bridgehead atoms. The maximum absolute atomic E-state index is 10.9. The SMILES string of the molecule is O=C(O)CN1CCc2sc(-c3ccc(OCc4ccccc4)cc3)nc2C1. The third-order valence-corrected chi connectivity index (χ3v) is 5.72. The van der Waals surface area contributed by atoms with Gasteiger partial charge in [-0.25, -0.2) is 4.98 Å². The van der Waals surface area contributed by atoms with E-state index in [-0.39, 0.29) is 6.54 Å². The Kier molecular flexibility index (Phi) is 5.18. The molecule has 6 heteroatoms. The zero-order chi connectivity index (χ0) is 18.6. The highest BCUT2D eigenvalue weighted by Crippen LogP contribution is 2.32. The van der Waals surface area contributed by atoms with Crippen molar-refractivity contribution in [3.8, 4) is 16.3 Å². The van der Waals surface area contributed by atoms with Gasteiger partial charge in [-0.15, -0.1) is 11.3 Å². The summed E-state index contributed by atoms with van der Waals surface area (Å²) in [6.45, 7) is 1.99. The fourth-order valence-corrected chi connectivity index (χ4v) is 4.20. The number of benzene rings is 2. The maximum atomic E-state index is 10.9. The molecule has 4 rings (SSSR count). The van der Waals surface area contributed by atoms with Crippen LogP contribution in [-0.4, -0.2) is 34.0 Å². The van der Waals surface area contributed by atoms with Gasteiger partial charge in [-0.3, -0.25) is 9.69 Å². The van der Waals surface area contributed by atoms with Gasteiger partial charge in [0.25, 0.3) is 0 Å². The highest BCUT2D eigenvalue weighted by molar-refractivity contribution is 7.15. The molecule has 0 saturated heterocycles. The van der Waals surface area contributed by atoms with E-state index in [0.717, 1.165) is 40.5 Å². The van der Waals surface area contributed by atoms with E-state index in [4.69, 9.17) is 14.8 Å². The number of carboxylic acid groups (broad SMARTS) is 1. The summed E-state index contributed by atoms with van der Waals surface area (Å²) in [5.74, 6) is 0.0385. The standard InChI is InChI=1S/C21H20N2O3S/c24-20(25)13-23-11-10-19-18(12-23)22-21(27-19)16-6-8-17(9-7-16)26-14-15-4-2-1-3-5-15/h1-9H,10-14H2,(H,24,25). The minimum atomic E-state index is -0.792. The predicted molar refractivity (Wildman–Crippen MR) is 105 cm³/mol. The van der Waals surface area contributed by atoms with Gasteiger partial charge in [0.05, 0.1) is 12.2 Å². The van der Waals surface area contributed by atoms with Crippen LogP contribution in [0, 0.1) is 0 Å². The first kappa shape index (κ1) is 17.7. The number of ether oxygens (including phenoxy) is 1. The van der Waals surface area contributed by atoms with Crippen molar-refractivity contribution in [2.24, 2.45) is 0 Å². The normalized spacial score (nSPS) is 13.9. The lowest BCUT2D eigenvalue weighted by Crippen LogP contribution is -2.34. The summed E-state index contributed by atoms with van der Waals surface area (Å²) in [5.41, 5.74) is 3.21. The molecule has 1 aromatic heterocycles. The van der Waals surface area contributed by atoms with E-state index in [0.29, 0.717) is 13.2 Å². The summed E-state index contributed by atoms with van der Waals surface area (Å²) in [7, 11) is 0. The van der Waals surface area contributed by atoms with Crippen LogP contribution in [0.5, 0.6) is 5.75 Å². The second-order valence-electron chi connectivity index (χ2n) is 6.54. The lowest BCUT2D eigenvalue weighted by molar-refractivity contribution is -0.138. The largest absolute Gasteiger partial charge is 0.489 e. The second kappa shape index (κ2) is 7.90. The van der Waals surface area contributed by atoms with Crippen LogP contribution < -0.4 is 4.74 Å². The fourth-order valence-electron chi connectivity index (χ4n) is 3.14. The quantitative estimate of drug-likeness (QED) is 0.704. The molecule has 0 fully saturated rings. The average molecular weight is 380 g/mol. The minimum absolute atomic E-state index is 0.0692. The fraction of sp³-hybridized carbons (Fsp3) is 0.238. The summed E-state index contributed by atoms with van der Waals surface area (Å²) >= 11 is 1.70. The van der Waals surface area contributed by atoms with Crippen LogP contribution >= 0.6 is 11.3 Å². The van der Waals surface area contributed by atoms with Gasteiger partial charge in [0.15, 0.2) is 0 Å². The number of hydrogen-bond acceptors (Lipinski definition) is 5. The Hall–Kier alpha value is -2.70. The summed E-state index contributed by atoms with van der Waals surface area (Å²) in [6.07, 6.45) is 0.860. The molecule has 0 radical (unpaired) electrons. The van der Waals surface area contributed by atoms with Crippen LogP contribution in [0.4, 0.5) is 0 Å². The molecule has 0 atom stereocenters. The number of hydrogen-bond donors (Lipinski definition) is 1. The average Bonchev–Trinajstić information content (AvgIpc) is 3.10. The summed E-state index contributed by atoms with van der Waals surface area (Å²) < 4.78 is 5.84. The van der Waals surface area contributed by atoms with Crippen LogP contribution in [-0.2, 0) is 24.4 Å². The third-order valence-electron chi connectivity index (χ3n) is 4.52. The number of carbonyl (C=O) groups is 1. The lowest BCUT2D eigenvalue weighted by atomic mass is 10.2. The Morgan fingerprint density at radius 2 is 1.93 bits per heavy atom. The zero-order valence-corrected chi connectivity index (χ0v) is 15.6. The minimum Gasteiger partial charge on any atom is -0.489 e. The Balaban J connectivity index is 1.42. The number of thiazole rings is 1. The van der Waals surface area contributed by atoms with Gasteiger partial charge in [0.2, 0.25) is 0 Å². The molecule has 2 heterocycles. The zero-order valence-electron chi connectivity index (χ0n) is 14.8. The second-order valence-corrected chi connectivity index (χ2v) is 7.63. The summed E-state index contributed by atoms with van der Waals surface area (Å²) in [5, 5.41) is 9.95. The van der Waals surface area contributed by atoms with Crippen LogP contribution in [0.2, 0.25) is 0 Å². The van der Waals surface area contributed by atoms with E-state index < -0.39 is 5.97 Å². The molecule has 3 aromatic rings. The first-order chi connectivity index (χ1) is 13.2. The van der Waals surface area contributed by atoms with E-state index in [1.807, 2.05) is 59.5 Å². The highest BCUT2D eigenvalue weighted by atomic mass is 32.1. The number of nitrogens with zero attached hydrogens (tertiary/aromatic N) is 2. The van der Waals surface area contributed by atoms with Crippen molar-refractivity contribution in [3.63, 3.8) is 0 Å². The summed E-state index contributed by atoms with van der Waals surface area (Å²) in [4.78, 5) is 18.8. The Morgan fingerprint density at radius 3 is 2.67 bits per heavy atom. The van der Waals surface area contributed by atoms with Gasteiger partial charge in [0.1, 0.15) is 17.4 Å². The lowest BCUT2D eigenvalue weighted by Gasteiger charge is -2.23. The molecule has 0 saturated carbocycles. The van der Waals surface area contributed by atoms with E-state index >= 15 is 0 Å². The third kappa shape index (κ3) is 4.35. The van der Waals surface area contributed by atoms with Crippen molar-refractivity contribution in [3.05, 3.63) is 70.7 Å². The first-order valence-corrected chi connectivity index (χ1v) is 9.69. The van der Waals surface area contributed by atoms with E-state index in [1.165, 1.54) is 4.88 Å². The highest BCUT2D eigenvalue weighted by Gasteiger charge is 2.22. The number of rotatable bonds is 6. The Labute approximate surface area is 161 Å². The molecule has 0 amide bonds. The van der Waals surface area contributed by atoms with Crippen LogP contribution in [0.15, 0.2) is 54.6 Å². The smallest absolute Gasteiger partial charge is 0.317 e. The van der Waals surface area contributed by atoms with Gasteiger partial charge in [-0.1, -0.05) is 30.3 Å². The van der Waals surface area contributed by atoms with E-state index in [9.17, 15) is 4.79 Å². The summed E-state index contributed by atoms with van der Waals surface area (Å²) in [6, 6.07) is 18.1. The Bertz CT molecular complexity index is 922. The number of fused-ring (bicyclic) bond motifs is 1. The van der Waals surface area contributed by atoms with Gasteiger partial charge in [-0.05, 0) is 36.2 Å². The predicted octanol–water partition coefficient (Wildman–Crippen LogP) is 3.83. The van der Waals surface area contributed by atoms with Crippen LogP contribution in [0.25, 0.3) is 10.6 Å². The van der Waals surface area contributed by atoms with Crippen LogP contribution in [0.3, 0.4) is 0 Å². The van der Waals surface area contributed by atoms with Crippen molar-refractivity contribution in [2.45, 2.75) is 19.6 Å². The molecule has 0 aliphatic carbocycles. The molecular weight excluding hydrogens is 360 g/mol. The Morgan fingerprint density at radius 1 is 1.15 bits per heavy atom. The molecule has 2 aromatic carbocycles. The van der Waals surface area contributed by atoms with E-state index in [1.54, 1.807) is 11.3 Å². The van der Waals surface area contributed by atoms with Gasteiger partial charge in [-0.2, -0.15) is 0 Å². The van der Waals surface area contributed by atoms with Gasteiger partial charge < -0.3 is 9.84 Å². The van der Waals surface area contributed by atoms with Gasteiger partial charge >= 0.3 is 5.97 Å². The van der Waals surface area contributed by atoms with Crippen molar-refractivity contribution >= 4 is 17.3 Å². The number of carboxylic acids is 1. The molecule has 1 aliphatic rings.